The molecule has 2 fully saturated rings. The fourth-order valence-corrected chi connectivity index (χ4v) is 3.35. The molecule has 0 aromatic carbocycles. The lowest BCUT2D eigenvalue weighted by Crippen LogP contribution is -2.37. The molecule has 0 radical (unpaired) electrons. The van der Waals surface area contributed by atoms with Crippen molar-refractivity contribution < 1.29 is 9.53 Å². The number of ether oxygens (including phenoxy) is 1. The quantitative estimate of drug-likeness (QED) is 0.840. The molecule has 122 valence electrons. The number of rotatable bonds is 6. The Labute approximate surface area is 131 Å². The highest BCUT2D eigenvalue weighted by atomic mass is 16.5. The van der Waals surface area contributed by atoms with Gasteiger partial charge in [0.25, 0.3) is 0 Å². The molecular weight excluding hydrogens is 280 g/mol. The van der Waals surface area contributed by atoms with Crippen LogP contribution in [0.4, 0.5) is 0 Å². The Morgan fingerprint density at radius 2 is 2.23 bits per heavy atom. The fourth-order valence-electron chi connectivity index (χ4n) is 3.35. The molecular formula is C16H26N4O2. The molecule has 0 bridgehead atoms. The van der Waals surface area contributed by atoms with Crippen molar-refractivity contribution in [3.63, 3.8) is 0 Å². The fraction of sp³-hybridized carbons (Fsp3) is 0.750. The van der Waals surface area contributed by atoms with Gasteiger partial charge in [0.15, 0.2) is 0 Å². The average Bonchev–Trinajstić information content (AvgIpc) is 3.09. The maximum atomic E-state index is 12.4. The van der Waals surface area contributed by atoms with Gasteiger partial charge >= 0.3 is 0 Å². The zero-order valence-electron chi connectivity index (χ0n) is 13.7. The number of likely N-dealkylation sites (tertiary alicyclic amines) is 1. The van der Waals surface area contributed by atoms with Gasteiger partial charge in [-0.05, 0) is 19.8 Å². The van der Waals surface area contributed by atoms with E-state index in [-0.39, 0.29) is 17.7 Å². The second kappa shape index (κ2) is 6.38. The first-order valence-electron chi connectivity index (χ1n) is 8.07. The number of aromatic nitrogens is 2. The molecule has 6 heteroatoms. The summed E-state index contributed by atoms with van der Waals surface area (Å²) in [5.74, 6) is 0.521. The van der Waals surface area contributed by atoms with Crippen LogP contribution < -0.4 is 5.32 Å². The molecule has 0 unspecified atom stereocenters. The minimum absolute atomic E-state index is 0.0394. The summed E-state index contributed by atoms with van der Waals surface area (Å²) in [6.45, 7) is 5.25. The van der Waals surface area contributed by atoms with E-state index in [1.165, 1.54) is 5.56 Å². The van der Waals surface area contributed by atoms with Crippen molar-refractivity contribution in [2.45, 2.75) is 32.4 Å². The van der Waals surface area contributed by atoms with Gasteiger partial charge in [-0.15, -0.1) is 0 Å². The molecule has 1 N–H and O–H groups in total. The summed E-state index contributed by atoms with van der Waals surface area (Å²) >= 11 is 0. The highest BCUT2D eigenvalue weighted by molar-refractivity contribution is 5.80. The summed E-state index contributed by atoms with van der Waals surface area (Å²) in [5, 5.41) is 7.54. The van der Waals surface area contributed by atoms with Crippen molar-refractivity contribution in [1.82, 2.24) is 20.0 Å². The van der Waals surface area contributed by atoms with E-state index in [1.54, 1.807) is 7.11 Å². The van der Waals surface area contributed by atoms with Crippen LogP contribution in [0.3, 0.4) is 0 Å². The van der Waals surface area contributed by atoms with Gasteiger partial charge in [-0.1, -0.05) is 0 Å². The second-order valence-corrected chi connectivity index (χ2v) is 6.71. The van der Waals surface area contributed by atoms with Crippen molar-refractivity contribution in [3.8, 4) is 0 Å². The molecule has 22 heavy (non-hydrogen) atoms. The first-order chi connectivity index (χ1) is 10.6. The number of aryl methyl sites for hydroxylation is 2. The van der Waals surface area contributed by atoms with Crippen LogP contribution in [0.25, 0.3) is 0 Å². The van der Waals surface area contributed by atoms with Crippen LogP contribution in [0.2, 0.25) is 0 Å². The summed E-state index contributed by atoms with van der Waals surface area (Å²) in [7, 11) is 3.66. The van der Waals surface area contributed by atoms with Crippen molar-refractivity contribution in [2.75, 3.05) is 26.8 Å². The Morgan fingerprint density at radius 1 is 1.45 bits per heavy atom. The number of carbonyl (C=O) groups is 1. The van der Waals surface area contributed by atoms with Gasteiger partial charge in [0.05, 0.1) is 18.2 Å². The van der Waals surface area contributed by atoms with E-state index in [1.807, 2.05) is 18.7 Å². The van der Waals surface area contributed by atoms with Gasteiger partial charge in [-0.3, -0.25) is 14.4 Å². The van der Waals surface area contributed by atoms with Gasteiger partial charge < -0.3 is 10.1 Å². The van der Waals surface area contributed by atoms with Gasteiger partial charge in [0.1, 0.15) is 0 Å². The molecule has 6 nitrogen and oxygen atoms in total. The molecule has 3 rings (SSSR count). The molecule has 1 saturated carbocycles. The van der Waals surface area contributed by atoms with E-state index in [0.717, 1.165) is 38.2 Å². The van der Waals surface area contributed by atoms with Crippen LogP contribution in [0.5, 0.6) is 0 Å². The van der Waals surface area contributed by atoms with Crippen LogP contribution >= 0.6 is 0 Å². The second-order valence-electron chi connectivity index (χ2n) is 6.71. The number of amides is 1. The van der Waals surface area contributed by atoms with Crippen LogP contribution in [-0.4, -0.2) is 53.4 Å². The Balaban J connectivity index is 1.63. The summed E-state index contributed by atoms with van der Waals surface area (Å²) in [6.07, 6.45) is 4.33. The van der Waals surface area contributed by atoms with Crippen molar-refractivity contribution >= 4 is 5.91 Å². The van der Waals surface area contributed by atoms with Crippen molar-refractivity contribution in [1.29, 1.82) is 0 Å². The van der Waals surface area contributed by atoms with Crippen LogP contribution in [-0.2, 0) is 23.1 Å². The van der Waals surface area contributed by atoms with Crippen molar-refractivity contribution in [2.24, 2.45) is 18.9 Å². The highest BCUT2D eigenvalue weighted by Gasteiger charge is 2.39. The summed E-state index contributed by atoms with van der Waals surface area (Å²) < 4.78 is 7.18. The average molecular weight is 306 g/mol. The van der Waals surface area contributed by atoms with Gasteiger partial charge in [-0.25, -0.2) is 0 Å². The summed E-state index contributed by atoms with van der Waals surface area (Å²) in [4.78, 5) is 14.8. The smallest absolute Gasteiger partial charge is 0.225 e. The Hall–Kier alpha value is -1.40. The lowest BCUT2D eigenvalue weighted by molar-refractivity contribution is -0.126. The third-order valence-corrected chi connectivity index (χ3v) is 4.67. The van der Waals surface area contributed by atoms with E-state index >= 15 is 0 Å². The summed E-state index contributed by atoms with van der Waals surface area (Å²) in [6, 6.07) is 0.422. The molecule has 1 aliphatic heterocycles. The first-order valence-corrected chi connectivity index (χ1v) is 8.07. The number of nitrogens with zero attached hydrogens (tertiary/aromatic N) is 3. The predicted molar refractivity (Wildman–Crippen MR) is 83.2 cm³/mol. The molecule has 1 amide bonds. The van der Waals surface area contributed by atoms with Crippen LogP contribution in [0, 0.1) is 18.8 Å². The lowest BCUT2D eigenvalue weighted by atomic mass is 9.96. The van der Waals surface area contributed by atoms with Gasteiger partial charge in [0.2, 0.25) is 5.91 Å². The van der Waals surface area contributed by atoms with E-state index in [0.29, 0.717) is 12.6 Å². The SMILES string of the molecule is COC[C@@H]1CN(Cc2cn(C)nc2C)C[C@H]1C(=O)NC1CC1. The molecule has 1 saturated heterocycles. The van der Waals surface area contributed by atoms with Crippen LogP contribution in [0.15, 0.2) is 6.20 Å². The highest BCUT2D eigenvalue weighted by Crippen LogP contribution is 2.28. The number of nitrogens with one attached hydrogen (secondary N) is 1. The normalized spacial score (nSPS) is 25.6. The zero-order valence-corrected chi connectivity index (χ0v) is 13.7. The zero-order chi connectivity index (χ0) is 15.7. The number of methoxy groups -OCH3 is 1. The number of hydrogen-bond donors (Lipinski definition) is 1. The minimum Gasteiger partial charge on any atom is -0.384 e. The number of carbonyl (C=O) groups excluding carboxylic acids is 1. The predicted octanol–water partition coefficient (Wildman–Crippen LogP) is 0.702. The molecule has 1 aromatic rings. The lowest BCUT2D eigenvalue weighted by Gasteiger charge is -2.16. The standard InChI is InChI=1S/C16H26N4O2/c1-11-12(6-19(2)18-11)7-20-8-13(10-22-3)15(9-20)16(21)17-14-4-5-14/h6,13-15H,4-5,7-10H2,1-3H3,(H,17,21)/t13-,15+/m0/s1. The van der Waals surface area contributed by atoms with E-state index in [4.69, 9.17) is 4.74 Å². The van der Waals surface area contributed by atoms with Crippen molar-refractivity contribution in [3.05, 3.63) is 17.5 Å². The van der Waals surface area contributed by atoms with E-state index < -0.39 is 0 Å². The molecule has 1 aromatic heterocycles. The molecule has 2 atom stereocenters. The van der Waals surface area contributed by atoms with Gasteiger partial charge in [-0.2, -0.15) is 5.10 Å². The third kappa shape index (κ3) is 3.50. The largest absolute Gasteiger partial charge is 0.384 e. The molecule has 2 heterocycles. The Bertz CT molecular complexity index is 538. The Morgan fingerprint density at radius 3 is 2.82 bits per heavy atom. The maximum Gasteiger partial charge on any atom is 0.225 e. The molecule has 2 aliphatic rings. The van der Waals surface area contributed by atoms with E-state index in [2.05, 4.69) is 21.5 Å². The molecule has 1 aliphatic carbocycles. The Kier molecular flexibility index (Phi) is 4.49. The van der Waals surface area contributed by atoms with Crippen LogP contribution in [0.1, 0.15) is 24.1 Å². The third-order valence-electron chi connectivity index (χ3n) is 4.67. The first kappa shape index (κ1) is 15.5. The van der Waals surface area contributed by atoms with E-state index in [9.17, 15) is 4.79 Å². The maximum absolute atomic E-state index is 12.4. The number of hydrogen-bond acceptors (Lipinski definition) is 4. The monoisotopic (exact) mass is 306 g/mol. The topological polar surface area (TPSA) is 59.4 Å². The summed E-state index contributed by atoms with van der Waals surface area (Å²) in [5.41, 5.74) is 2.30. The molecule has 0 spiro atoms. The minimum atomic E-state index is 0.0394. The van der Waals surface area contributed by atoms with Gasteiger partial charge in [0, 0.05) is 57.5 Å².